The van der Waals surface area contributed by atoms with Crippen molar-refractivity contribution in [3.8, 4) is 0 Å². The number of rotatable bonds is 54. The lowest BCUT2D eigenvalue weighted by molar-refractivity contribution is -0.167. The Balaban J connectivity index is 4.48. The highest BCUT2D eigenvalue weighted by Crippen LogP contribution is 2.16. The van der Waals surface area contributed by atoms with Crippen molar-refractivity contribution >= 4 is 17.9 Å². The third-order valence-corrected chi connectivity index (χ3v) is 13.0. The van der Waals surface area contributed by atoms with E-state index >= 15 is 0 Å². The molecule has 0 amide bonds. The fourth-order valence-corrected chi connectivity index (χ4v) is 8.40. The van der Waals surface area contributed by atoms with E-state index in [9.17, 15) is 14.4 Å². The monoisotopic (exact) mass is 1010 g/mol. The van der Waals surface area contributed by atoms with Crippen molar-refractivity contribution in [1.82, 2.24) is 0 Å². The number of carbonyl (C=O) groups is 3. The van der Waals surface area contributed by atoms with E-state index in [-0.39, 0.29) is 31.1 Å². The smallest absolute Gasteiger partial charge is 0.306 e. The Morgan fingerprint density at radius 2 is 0.589 bits per heavy atom. The molecule has 0 aromatic rings. The van der Waals surface area contributed by atoms with Crippen molar-refractivity contribution in [2.75, 3.05) is 13.2 Å². The van der Waals surface area contributed by atoms with Gasteiger partial charge in [0.2, 0.25) is 0 Å². The Hall–Kier alpha value is -3.93. The largest absolute Gasteiger partial charge is 0.462 e. The number of esters is 3. The van der Waals surface area contributed by atoms with Crippen LogP contribution in [0.1, 0.15) is 278 Å². The fourth-order valence-electron chi connectivity index (χ4n) is 8.40. The highest BCUT2D eigenvalue weighted by Gasteiger charge is 2.19. The first kappa shape index (κ1) is 69.1. The third kappa shape index (κ3) is 58.8. The van der Waals surface area contributed by atoms with Gasteiger partial charge in [-0.05, 0) is 70.6 Å². The van der Waals surface area contributed by atoms with Gasteiger partial charge in [0, 0.05) is 19.3 Å². The van der Waals surface area contributed by atoms with Gasteiger partial charge >= 0.3 is 17.9 Å². The second-order valence-corrected chi connectivity index (χ2v) is 20.1. The predicted octanol–water partition coefficient (Wildman–Crippen LogP) is 20.7. The summed E-state index contributed by atoms with van der Waals surface area (Å²) in [5.41, 5.74) is 0. The maximum atomic E-state index is 12.9. The molecular weight excluding hydrogens is 901 g/mol. The van der Waals surface area contributed by atoms with Crippen LogP contribution in [0.4, 0.5) is 0 Å². The molecule has 0 N–H and O–H groups in total. The van der Waals surface area contributed by atoms with E-state index in [1.165, 1.54) is 154 Å². The zero-order valence-electron chi connectivity index (χ0n) is 47.6. The molecule has 0 rings (SSSR count). The first-order chi connectivity index (χ1) is 36.0. The van der Waals surface area contributed by atoms with Crippen LogP contribution in [0, 0.1) is 0 Å². The molecule has 0 aromatic carbocycles. The highest BCUT2D eigenvalue weighted by molar-refractivity contribution is 5.71. The Labute approximate surface area is 450 Å². The molecule has 0 fully saturated rings. The van der Waals surface area contributed by atoms with E-state index in [2.05, 4.69) is 57.2 Å². The lowest BCUT2D eigenvalue weighted by atomic mass is 10.0. The molecule has 0 aliphatic heterocycles. The van der Waals surface area contributed by atoms with Crippen LogP contribution in [-0.4, -0.2) is 37.2 Å². The van der Waals surface area contributed by atoms with Gasteiger partial charge < -0.3 is 14.2 Å². The van der Waals surface area contributed by atoms with Gasteiger partial charge in [-0.25, -0.2) is 0 Å². The molecular formula is C67H112O6. The van der Waals surface area contributed by atoms with Crippen LogP contribution in [0.5, 0.6) is 0 Å². The standard InChI is InChI=1S/C67H112O6/c1-4-7-10-13-16-19-22-25-28-31-33-36-39-42-45-48-51-54-57-60-66(69)72-63-64(62-71-65(68)59-56-53-50-47-44-41-38-35-30-27-24-21-18-15-12-9-6-3)73-67(70)61-58-55-52-49-46-43-40-37-34-32-29-26-23-20-17-14-11-8-5-2/h7,10,13,16,18-19,21-22,25,27-28,30-31,33,36,39,42,45,64H,4-6,8-9,11-12,14-15,17,20,23-24,26,29,32,34-35,37-38,40-41,43-44,46-63H2,1-3H3/b10-7-,16-13-,21-18-,22-19-,28-25-,30-27-,33-31+,39-36-,45-42-. The van der Waals surface area contributed by atoms with E-state index in [0.717, 1.165) is 83.5 Å². The number of hydrogen-bond donors (Lipinski definition) is 0. The lowest BCUT2D eigenvalue weighted by Crippen LogP contribution is -2.30. The third-order valence-electron chi connectivity index (χ3n) is 13.0. The molecule has 0 aliphatic rings. The molecule has 0 bridgehead atoms. The number of allylic oxidation sites excluding steroid dienone is 18. The average molecular weight is 1010 g/mol. The molecule has 0 aromatic heterocycles. The summed E-state index contributed by atoms with van der Waals surface area (Å²) in [5.74, 6) is -0.942. The zero-order chi connectivity index (χ0) is 52.9. The minimum atomic E-state index is -0.802. The van der Waals surface area contributed by atoms with Gasteiger partial charge in [-0.2, -0.15) is 0 Å². The zero-order valence-corrected chi connectivity index (χ0v) is 47.6. The quantitative estimate of drug-likeness (QED) is 0.0199. The van der Waals surface area contributed by atoms with Crippen molar-refractivity contribution < 1.29 is 28.6 Å². The Morgan fingerprint density at radius 1 is 0.301 bits per heavy atom. The topological polar surface area (TPSA) is 78.9 Å². The summed E-state index contributed by atoms with van der Waals surface area (Å²) < 4.78 is 16.9. The van der Waals surface area contributed by atoms with Gasteiger partial charge in [0.15, 0.2) is 6.10 Å². The number of unbranched alkanes of at least 4 members (excludes halogenated alkanes) is 31. The fraction of sp³-hybridized carbons (Fsp3) is 0.687. The first-order valence-electron chi connectivity index (χ1n) is 30.5. The summed E-state index contributed by atoms with van der Waals surface area (Å²) in [5, 5.41) is 0. The van der Waals surface area contributed by atoms with Crippen LogP contribution in [0.15, 0.2) is 109 Å². The molecule has 416 valence electrons. The second-order valence-electron chi connectivity index (χ2n) is 20.1. The molecule has 6 heteroatoms. The van der Waals surface area contributed by atoms with Crippen LogP contribution in [-0.2, 0) is 28.6 Å². The minimum absolute atomic E-state index is 0.0966. The lowest BCUT2D eigenvalue weighted by Gasteiger charge is -2.18. The maximum Gasteiger partial charge on any atom is 0.306 e. The summed E-state index contributed by atoms with van der Waals surface area (Å²) in [6.07, 6.45) is 82.2. The van der Waals surface area contributed by atoms with Gasteiger partial charge in [-0.1, -0.05) is 297 Å². The molecule has 1 atom stereocenters. The predicted molar refractivity (Wildman–Crippen MR) is 316 cm³/mol. The summed E-state index contributed by atoms with van der Waals surface area (Å²) in [6.45, 7) is 6.45. The summed E-state index contributed by atoms with van der Waals surface area (Å²) in [6, 6.07) is 0. The van der Waals surface area contributed by atoms with Gasteiger partial charge in [0.25, 0.3) is 0 Å². The molecule has 0 heterocycles. The van der Waals surface area contributed by atoms with Crippen LogP contribution in [0.2, 0.25) is 0 Å². The van der Waals surface area contributed by atoms with E-state index in [1.807, 2.05) is 72.9 Å². The van der Waals surface area contributed by atoms with Crippen molar-refractivity contribution in [1.29, 1.82) is 0 Å². The van der Waals surface area contributed by atoms with Gasteiger partial charge in [0.1, 0.15) is 13.2 Å². The minimum Gasteiger partial charge on any atom is -0.462 e. The Morgan fingerprint density at radius 3 is 0.986 bits per heavy atom. The molecule has 0 radical (unpaired) electrons. The number of hydrogen-bond acceptors (Lipinski definition) is 6. The van der Waals surface area contributed by atoms with Gasteiger partial charge in [-0.15, -0.1) is 0 Å². The highest BCUT2D eigenvalue weighted by atomic mass is 16.6. The maximum absolute atomic E-state index is 12.9. The second kappa shape index (κ2) is 60.6. The van der Waals surface area contributed by atoms with Crippen LogP contribution < -0.4 is 0 Å². The number of carbonyl (C=O) groups excluding carboxylic acids is 3. The summed E-state index contributed by atoms with van der Waals surface area (Å²) >= 11 is 0. The molecule has 73 heavy (non-hydrogen) atoms. The van der Waals surface area contributed by atoms with Gasteiger partial charge in [-0.3, -0.25) is 14.4 Å². The first-order valence-corrected chi connectivity index (χ1v) is 30.5. The van der Waals surface area contributed by atoms with Crippen molar-refractivity contribution in [3.63, 3.8) is 0 Å². The van der Waals surface area contributed by atoms with E-state index in [4.69, 9.17) is 14.2 Å². The van der Waals surface area contributed by atoms with Crippen molar-refractivity contribution in [3.05, 3.63) is 109 Å². The SMILES string of the molecule is CC\C=C/C=C\C=C/C=C\C=C\C=C/C=C\CCCCCC(=O)OCC(COC(=O)CCCCCCCCC/C=C\C/C=C\CCCCC)OC(=O)CCCCCCCCCCCCCCCCCCCCC. The molecule has 0 spiro atoms. The van der Waals surface area contributed by atoms with Gasteiger partial charge in [0.05, 0.1) is 0 Å². The molecule has 0 aliphatic carbocycles. The van der Waals surface area contributed by atoms with Crippen LogP contribution in [0.3, 0.4) is 0 Å². The molecule has 0 saturated carbocycles. The molecule has 6 nitrogen and oxygen atoms in total. The van der Waals surface area contributed by atoms with Crippen LogP contribution in [0.25, 0.3) is 0 Å². The molecule has 1 unspecified atom stereocenters. The van der Waals surface area contributed by atoms with E-state index in [1.54, 1.807) is 0 Å². The molecule has 0 saturated heterocycles. The number of ether oxygens (including phenoxy) is 3. The normalized spacial score (nSPS) is 12.9. The van der Waals surface area contributed by atoms with Crippen molar-refractivity contribution in [2.24, 2.45) is 0 Å². The van der Waals surface area contributed by atoms with E-state index < -0.39 is 6.10 Å². The summed E-state index contributed by atoms with van der Waals surface area (Å²) in [4.78, 5) is 38.3. The average Bonchev–Trinajstić information content (AvgIpc) is 3.39. The summed E-state index contributed by atoms with van der Waals surface area (Å²) in [7, 11) is 0. The Kier molecular flexibility index (Phi) is 57.4. The van der Waals surface area contributed by atoms with Crippen molar-refractivity contribution in [2.45, 2.75) is 284 Å². The van der Waals surface area contributed by atoms with Crippen LogP contribution >= 0.6 is 0 Å². The Bertz CT molecular complexity index is 1490. The van der Waals surface area contributed by atoms with E-state index in [0.29, 0.717) is 19.3 Å².